The second-order valence-corrected chi connectivity index (χ2v) is 8.29. The zero-order chi connectivity index (χ0) is 20.6. The van der Waals surface area contributed by atoms with Gasteiger partial charge in [0.25, 0.3) is 5.91 Å². The van der Waals surface area contributed by atoms with Crippen molar-refractivity contribution < 1.29 is 14.7 Å². The number of nitrogens with zero attached hydrogens (tertiary/aromatic N) is 1. The topological polar surface area (TPSA) is 57.6 Å². The van der Waals surface area contributed by atoms with E-state index in [9.17, 15) is 14.7 Å². The summed E-state index contributed by atoms with van der Waals surface area (Å²) in [5.41, 5.74) is 0.293. The van der Waals surface area contributed by atoms with Gasteiger partial charge in [0.1, 0.15) is 0 Å². The molecule has 0 fully saturated rings. The van der Waals surface area contributed by atoms with Crippen LogP contribution in [0.2, 0.25) is 5.02 Å². The van der Waals surface area contributed by atoms with Gasteiger partial charge < -0.3 is 10.0 Å². The summed E-state index contributed by atoms with van der Waals surface area (Å²) in [6.07, 6.45) is -0.335. The van der Waals surface area contributed by atoms with Crippen LogP contribution in [0.15, 0.2) is 77.3 Å². The van der Waals surface area contributed by atoms with E-state index in [0.717, 1.165) is 10.0 Å². The Balaban J connectivity index is 1.70. The Labute approximate surface area is 181 Å². The van der Waals surface area contributed by atoms with E-state index in [1.165, 1.54) is 4.90 Å². The highest BCUT2D eigenvalue weighted by molar-refractivity contribution is 9.10. The maximum atomic E-state index is 13.3. The molecule has 0 radical (unpaired) electrons. The van der Waals surface area contributed by atoms with Crippen molar-refractivity contribution in [2.75, 3.05) is 4.90 Å². The van der Waals surface area contributed by atoms with Crippen LogP contribution in [-0.4, -0.2) is 16.8 Å². The number of anilines is 1. The number of hydrogen-bond donors (Lipinski definition) is 1. The average Bonchev–Trinajstić information content (AvgIpc) is 2.92. The molecule has 146 valence electrons. The van der Waals surface area contributed by atoms with Crippen molar-refractivity contribution in [2.45, 2.75) is 18.6 Å². The molecule has 1 aliphatic rings. The SMILES string of the molecule is O=C(C[C@]1(O)C(=O)N(Cc2ccccc2Cl)c2ccccc21)c1cccc(Br)c1. The standard InChI is InChI=1S/C23H17BrClNO3/c24-17-8-5-7-15(12-17)21(27)13-23(29)18-9-2-4-11-20(18)26(22(23)28)14-16-6-1-3-10-19(16)25/h1-12,29H,13-14H2/t23-/m1/s1. The second-order valence-electron chi connectivity index (χ2n) is 6.97. The first-order valence-electron chi connectivity index (χ1n) is 9.06. The molecule has 4 rings (SSSR count). The third-order valence-corrected chi connectivity index (χ3v) is 5.95. The second kappa shape index (κ2) is 7.75. The van der Waals surface area contributed by atoms with E-state index in [1.54, 1.807) is 48.5 Å². The molecule has 0 spiro atoms. The van der Waals surface area contributed by atoms with E-state index < -0.39 is 11.5 Å². The highest BCUT2D eigenvalue weighted by Gasteiger charge is 2.50. The van der Waals surface area contributed by atoms with Gasteiger partial charge in [-0.1, -0.05) is 76.1 Å². The number of amides is 1. The van der Waals surface area contributed by atoms with Crippen LogP contribution in [0.3, 0.4) is 0 Å². The fraction of sp³-hybridized carbons (Fsp3) is 0.130. The number of Topliss-reactive ketones (excluding diaryl/α,β-unsaturated/α-hetero) is 1. The zero-order valence-electron chi connectivity index (χ0n) is 15.3. The minimum atomic E-state index is -1.92. The first kappa shape index (κ1) is 19.8. The minimum Gasteiger partial charge on any atom is -0.375 e. The molecule has 1 N–H and O–H groups in total. The predicted octanol–water partition coefficient (Wildman–Crippen LogP) is 5.11. The van der Waals surface area contributed by atoms with E-state index in [0.29, 0.717) is 21.8 Å². The van der Waals surface area contributed by atoms with Crippen molar-refractivity contribution in [3.63, 3.8) is 0 Å². The van der Waals surface area contributed by atoms with Crippen molar-refractivity contribution in [3.05, 3.63) is 99.0 Å². The molecule has 0 unspecified atom stereocenters. The number of fused-ring (bicyclic) bond motifs is 1. The molecule has 29 heavy (non-hydrogen) atoms. The van der Waals surface area contributed by atoms with Crippen molar-refractivity contribution in [1.29, 1.82) is 0 Å². The molecule has 0 aromatic heterocycles. The Hall–Kier alpha value is -2.47. The number of carbonyl (C=O) groups is 2. The van der Waals surface area contributed by atoms with Gasteiger partial charge in [0.2, 0.25) is 0 Å². The van der Waals surface area contributed by atoms with Gasteiger partial charge in [0.15, 0.2) is 11.4 Å². The predicted molar refractivity (Wildman–Crippen MR) is 116 cm³/mol. The smallest absolute Gasteiger partial charge is 0.264 e. The number of hydrogen-bond acceptors (Lipinski definition) is 3. The van der Waals surface area contributed by atoms with Crippen LogP contribution in [0.25, 0.3) is 0 Å². The number of benzene rings is 3. The molecular weight excluding hydrogens is 454 g/mol. The van der Waals surface area contributed by atoms with Crippen molar-refractivity contribution >= 4 is 44.9 Å². The molecule has 1 atom stereocenters. The summed E-state index contributed by atoms with van der Waals surface area (Å²) in [6, 6.07) is 21.2. The molecule has 0 bridgehead atoms. The van der Waals surface area contributed by atoms with Gasteiger partial charge in [-0.25, -0.2) is 0 Å². The van der Waals surface area contributed by atoms with Crippen LogP contribution >= 0.6 is 27.5 Å². The van der Waals surface area contributed by atoms with Crippen LogP contribution in [0.1, 0.15) is 27.9 Å². The summed E-state index contributed by atoms with van der Waals surface area (Å²) in [7, 11) is 0. The zero-order valence-corrected chi connectivity index (χ0v) is 17.7. The molecule has 4 nitrogen and oxygen atoms in total. The molecule has 1 amide bonds. The number of carbonyl (C=O) groups excluding carboxylic acids is 2. The van der Waals surface area contributed by atoms with Crippen molar-refractivity contribution in [2.24, 2.45) is 0 Å². The molecule has 6 heteroatoms. The van der Waals surface area contributed by atoms with Crippen LogP contribution in [0.5, 0.6) is 0 Å². The van der Waals surface area contributed by atoms with Gasteiger partial charge in [0, 0.05) is 20.6 Å². The fourth-order valence-corrected chi connectivity index (χ4v) is 4.22. The first-order valence-corrected chi connectivity index (χ1v) is 10.2. The number of para-hydroxylation sites is 1. The number of halogens is 2. The number of aliphatic hydroxyl groups is 1. The molecule has 1 heterocycles. The lowest BCUT2D eigenvalue weighted by atomic mass is 9.88. The van der Waals surface area contributed by atoms with Crippen LogP contribution < -0.4 is 4.90 Å². The van der Waals surface area contributed by atoms with E-state index in [-0.39, 0.29) is 18.7 Å². The molecule has 1 aliphatic heterocycles. The summed E-state index contributed by atoms with van der Waals surface area (Å²) < 4.78 is 0.758. The van der Waals surface area contributed by atoms with E-state index in [4.69, 9.17) is 11.6 Å². The Morgan fingerprint density at radius 3 is 2.52 bits per heavy atom. The van der Waals surface area contributed by atoms with Crippen molar-refractivity contribution in [1.82, 2.24) is 0 Å². The van der Waals surface area contributed by atoms with Gasteiger partial charge in [-0.15, -0.1) is 0 Å². The average molecular weight is 471 g/mol. The van der Waals surface area contributed by atoms with Crippen LogP contribution in [-0.2, 0) is 16.9 Å². The third kappa shape index (κ3) is 3.62. The van der Waals surface area contributed by atoms with E-state index in [2.05, 4.69) is 15.9 Å². The third-order valence-electron chi connectivity index (χ3n) is 5.09. The lowest BCUT2D eigenvalue weighted by Gasteiger charge is -2.23. The molecule has 3 aromatic rings. The molecule has 0 saturated carbocycles. The molecule has 3 aromatic carbocycles. The molecule has 0 aliphatic carbocycles. The summed E-state index contributed by atoms with van der Waals surface area (Å²) in [6.45, 7) is 0.211. The summed E-state index contributed by atoms with van der Waals surface area (Å²) in [5, 5.41) is 11.9. The number of ketones is 1. The summed E-state index contributed by atoms with van der Waals surface area (Å²) in [4.78, 5) is 27.7. The van der Waals surface area contributed by atoms with Gasteiger partial charge in [-0.3, -0.25) is 9.59 Å². The maximum Gasteiger partial charge on any atom is 0.264 e. The van der Waals surface area contributed by atoms with Gasteiger partial charge >= 0.3 is 0 Å². The Bertz CT molecular complexity index is 1120. The Morgan fingerprint density at radius 1 is 1.03 bits per heavy atom. The molecular formula is C23H17BrClNO3. The van der Waals surface area contributed by atoms with Gasteiger partial charge in [-0.2, -0.15) is 0 Å². The first-order chi connectivity index (χ1) is 13.9. The fourth-order valence-electron chi connectivity index (χ4n) is 3.63. The van der Waals surface area contributed by atoms with Gasteiger partial charge in [-0.05, 0) is 29.8 Å². The van der Waals surface area contributed by atoms with Crippen LogP contribution in [0.4, 0.5) is 5.69 Å². The normalized spacial score (nSPS) is 18.0. The highest BCUT2D eigenvalue weighted by Crippen LogP contribution is 2.43. The summed E-state index contributed by atoms with van der Waals surface area (Å²) in [5.74, 6) is -0.835. The lowest BCUT2D eigenvalue weighted by Crippen LogP contribution is -2.41. The van der Waals surface area contributed by atoms with E-state index in [1.807, 2.05) is 24.3 Å². The Morgan fingerprint density at radius 2 is 1.76 bits per heavy atom. The lowest BCUT2D eigenvalue weighted by molar-refractivity contribution is -0.136. The Kier molecular flexibility index (Phi) is 5.30. The van der Waals surface area contributed by atoms with Crippen molar-refractivity contribution in [3.8, 4) is 0 Å². The van der Waals surface area contributed by atoms with E-state index >= 15 is 0 Å². The largest absolute Gasteiger partial charge is 0.375 e. The highest BCUT2D eigenvalue weighted by atomic mass is 79.9. The van der Waals surface area contributed by atoms with Crippen LogP contribution in [0, 0.1) is 0 Å². The van der Waals surface area contributed by atoms with Gasteiger partial charge in [0.05, 0.1) is 18.7 Å². The minimum absolute atomic E-state index is 0.211. The molecule has 0 saturated heterocycles. The summed E-state index contributed by atoms with van der Waals surface area (Å²) >= 11 is 9.61. The number of rotatable bonds is 5. The quantitative estimate of drug-likeness (QED) is 0.527. The maximum absolute atomic E-state index is 13.3. The monoisotopic (exact) mass is 469 g/mol.